The Morgan fingerprint density at radius 3 is 2.76 bits per heavy atom. The third-order valence-corrected chi connectivity index (χ3v) is 3.97. The second-order valence-electron chi connectivity index (χ2n) is 5.69. The Morgan fingerprint density at radius 1 is 1.20 bits per heavy atom. The first-order valence-corrected chi connectivity index (χ1v) is 7.93. The predicted molar refractivity (Wildman–Crippen MR) is 102 cm³/mol. The highest BCUT2D eigenvalue weighted by molar-refractivity contribution is 5.80. The molecule has 2 N–H and O–H groups in total. The zero-order chi connectivity index (χ0) is 17.8. The lowest BCUT2D eigenvalue weighted by atomic mass is 10.0. The van der Waals surface area contributed by atoms with Crippen LogP contribution < -0.4 is 10.2 Å². The van der Waals surface area contributed by atoms with Crippen LogP contribution in [0.4, 0.5) is 0 Å². The van der Waals surface area contributed by atoms with Crippen LogP contribution in [-0.4, -0.2) is 17.2 Å². The maximum absolute atomic E-state index is 12.2. The van der Waals surface area contributed by atoms with Gasteiger partial charge in [-0.25, -0.2) is 0 Å². The highest BCUT2D eigenvalue weighted by Gasteiger charge is 2.08. The molecule has 0 aliphatic carbocycles. The Kier molecular flexibility index (Phi) is 4.70. The molecular formula is C21H19NO3. The van der Waals surface area contributed by atoms with E-state index in [-0.39, 0.29) is 11.2 Å². The molecule has 3 rings (SSSR count). The minimum atomic E-state index is -0.0235. The number of aromatic amines is 1. The Balaban J connectivity index is 2.00. The summed E-state index contributed by atoms with van der Waals surface area (Å²) in [5.74, 6) is 0.532. The molecular weight excluding hydrogens is 314 g/mol. The lowest BCUT2D eigenvalue weighted by molar-refractivity contribution is 0.371. The molecule has 3 aromatic rings. The largest absolute Gasteiger partial charge is 0.504 e. The van der Waals surface area contributed by atoms with Crippen LogP contribution in [0.1, 0.15) is 16.8 Å². The number of phenols is 1. The molecule has 1 heterocycles. The Labute approximate surface area is 145 Å². The number of ether oxygens (including phenoxy) is 1. The second-order valence-corrected chi connectivity index (χ2v) is 5.69. The second kappa shape index (κ2) is 7.09. The van der Waals surface area contributed by atoms with Gasteiger partial charge >= 0.3 is 0 Å². The van der Waals surface area contributed by atoms with Crippen LogP contribution in [0.2, 0.25) is 0 Å². The van der Waals surface area contributed by atoms with Gasteiger partial charge in [0.1, 0.15) is 0 Å². The summed E-state index contributed by atoms with van der Waals surface area (Å²) in [6, 6.07) is 12.6. The molecule has 0 saturated carbocycles. The van der Waals surface area contributed by atoms with Crippen molar-refractivity contribution in [2.75, 3.05) is 7.11 Å². The molecule has 2 aromatic carbocycles. The molecule has 0 saturated heterocycles. The van der Waals surface area contributed by atoms with Crippen molar-refractivity contribution in [2.45, 2.75) is 6.42 Å². The van der Waals surface area contributed by atoms with Crippen LogP contribution in [0.3, 0.4) is 0 Å². The topological polar surface area (TPSA) is 62.3 Å². The molecule has 0 fully saturated rings. The number of para-hydroxylation sites is 1. The normalized spacial score (nSPS) is 11.1. The first kappa shape index (κ1) is 16.6. The van der Waals surface area contributed by atoms with Gasteiger partial charge in [0.2, 0.25) is 0 Å². The number of H-pyrrole nitrogens is 1. The number of aromatic hydroxyl groups is 1. The Morgan fingerprint density at radius 2 is 2.00 bits per heavy atom. The summed E-state index contributed by atoms with van der Waals surface area (Å²) in [4.78, 5) is 15.4. The van der Waals surface area contributed by atoms with Gasteiger partial charge in [-0.1, -0.05) is 24.3 Å². The molecule has 0 aliphatic heterocycles. The number of methoxy groups -OCH3 is 1. The number of pyridine rings is 1. The van der Waals surface area contributed by atoms with Crippen molar-refractivity contribution in [1.29, 1.82) is 0 Å². The lowest BCUT2D eigenvalue weighted by Crippen LogP contribution is -2.02. The highest BCUT2D eigenvalue weighted by atomic mass is 16.5. The maximum atomic E-state index is 12.2. The van der Waals surface area contributed by atoms with E-state index in [1.165, 1.54) is 7.11 Å². The summed E-state index contributed by atoms with van der Waals surface area (Å²) < 4.78 is 5.23. The van der Waals surface area contributed by atoms with Crippen LogP contribution in [0, 0.1) is 0 Å². The highest BCUT2D eigenvalue weighted by Crippen LogP contribution is 2.32. The van der Waals surface area contributed by atoms with Crippen molar-refractivity contribution < 1.29 is 9.84 Å². The number of phenolic OH excluding ortho intramolecular Hbond substituents is 1. The Hall–Kier alpha value is -3.27. The van der Waals surface area contributed by atoms with Crippen molar-refractivity contribution in [1.82, 2.24) is 4.98 Å². The van der Waals surface area contributed by atoms with Crippen molar-refractivity contribution >= 4 is 23.1 Å². The quantitative estimate of drug-likeness (QED) is 0.690. The molecule has 0 amide bonds. The number of fused-ring (bicyclic) bond motifs is 1. The molecule has 4 heteroatoms. The molecule has 0 radical (unpaired) electrons. The molecule has 1 aromatic heterocycles. The van der Waals surface area contributed by atoms with E-state index in [0.717, 1.165) is 16.6 Å². The van der Waals surface area contributed by atoms with Crippen molar-refractivity contribution in [3.8, 4) is 11.5 Å². The monoisotopic (exact) mass is 333 g/mol. The van der Waals surface area contributed by atoms with Gasteiger partial charge in [0, 0.05) is 28.2 Å². The zero-order valence-corrected chi connectivity index (χ0v) is 14.0. The van der Waals surface area contributed by atoms with Gasteiger partial charge < -0.3 is 14.8 Å². The number of hydrogen-bond acceptors (Lipinski definition) is 3. The van der Waals surface area contributed by atoms with E-state index in [4.69, 9.17) is 4.74 Å². The van der Waals surface area contributed by atoms with E-state index in [0.29, 0.717) is 23.3 Å². The zero-order valence-electron chi connectivity index (χ0n) is 14.0. The van der Waals surface area contributed by atoms with Gasteiger partial charge in [0.05, 0.1) is 7.11 Å². The molecule has 0 bridgehead atoms. The molecule has 0 atom stereocenters. The SMILES string of the molecule is C=CCc1cc(/C=C/c2cc(=O)c3ccccc3[nH]2)cc(OC)c1O. The first-order valence-electron chi connectivity index (χ1n) is 7.93. The van der Waals surface area contributed by atoms with Crippen LogP contribution >= 0.6 is 0 Å². The van der Waals surface area contributed by atoms with Crippen molar-refractivity contribution in [3.05, 3.63) is 82.2 Å². The molecule has 0 spiro atoms. The average molecular weight is 333 g/mol. The van der Waals surface area contributed by atoms with E-state index in [1.807, 2.05) is 36.4 Å². The summed E-state index contributed by atoms with van der Waals surface area (Å²) in [7, 11) is 1.51. The van der Waals surface area contributed by atoms with E-state index in [1.54, 1.807) is 24.3 Å². The summed E-state index contributed by atoms with van der Waals surface area (Å²) in [5, 5.41) is 10.8. The average Bonchev–Trinajstić information content (AvgIpc) is 2.62. The number of rotatable bonds is 5. The van der Waals surface area contributed by atoms with Gasteiger partial charge in [-0.15, -0.1) is 6.58 Å². The fourth-order valence-electron chi connectivity index (χ4n) is 2.75. The van der Waals surface area contributed by atoms with Crippen molar-refractivity contribution in [3.63, 3.8) is 0 Å². The number of benzene rings is 2. The molecule has 4 nitrogen and oxygen atoms in total. The summed E-state index contributed by atoms with van der Waals surface area (Å²) in [6.45, 7) is 3.70. The van der Waals surface area contributed by atoms with Gasteiger partial charge in [-0.2, -0.15) is 0 Å². The fourth-order valence-corrected chi connectivity index (χ4v) is 2.75. The predicted octanol–water partition coefficient (Wildman–Crippen LogP) is 4.14. The number of nitrogens with one attached hydrogen (secondary N) is 1. The van der Waals surface area contributed by atoms with Gasteiger partial charge in [-0.05, 0) is 42.3 Å². The third kappa shape index (κ3) is 3.48. The van der Waals surface area contributed by atoms with E-state index >= 15 is 0 Å². The Bertz CT molecular complexity index is 1020. The van der Waals surface area contributed by atoms with E-state index < -0.39 is 0 Å². The minimum Gasteiger partial charge on any atom is -0.504 e. The minimum absolute atomic E-state index is 0.0235. The van der Waals surface area contributed by atoms with E-state index in [9.17, 15) is 9.90 Å². The third-order valence-electron chi connectivity index (χ3n) is 3.97. The molecule has 0 aliphatic rings. The first-order chi connectivity index (χ1) is 12.1. The standard InChI is InChI=1S/C21H19NO3/c1-3-6-15-11-14(12-20(25-2)21(15)24)9-10-16-13-19(23)17-7-4-5-8-18(17)22-16/h3-5,7-13,24H,1,6H2,2H3,(H,22,23)/b10-9+. The molecule has 0 unspecified atom stereocenters. The fraction of sp³-hybridized carbons (Fsp3) is 0.0952. The number of allylic oxidation sites excluding steroid dienone is 1. The van der Waals surface area contributed by atoms with E-state index in [2.05, 4.69) is 11.6 Å². The van der Waals surface area contributed by atoms with Gasteiger partial charge in [-0.3, -0.25) is 4.79 Å². The maximum Gasteiger partial charge on any atom is 0.189 e. The molecule has 126 valence electrons. The van der Waals surface area contributed by atoms with Crippen LogP contribution in [-0.2, 0) is 6.42 Å². The number of aromatic nitrogens is 1. The lowest BCUT2D eigenvalue weighted by Gasteiger charge is -2.09. The van der Waals surface area contributed by atoms with Crippen LogP contribution in [0.25, 0.3) is 23.1 Å². The summed E-state index contributed by atoms with van der Waals surface area (Å²) in [5.41, 5.74) is 3.08. The van der Waals surface area contributed by atoms with Gasteiger partial charge in [0.25, 0.3) is 0 Å². The summed E-state index contributed by atoms with van der Waals surface area (Å²) in [6.07, 6.45) is 5.96. The van der Waals surface area contributed by atoms with Crippen LogP contribution in [0.15, 0.2) is 59.9 Å². The smallest absolute Gasteiger partial charge is 0.189 e. The summed E-state index contributed by atoms with van der Waals surface area (Å²) >= 11 is 0. The van der Waals surface area contributed by atoms with Gasteiger partial charge in [0.15, 0.2) is 16.9 Å². The van der Waals surface area contributed by atoms with Crippen LogP contribution in [0.5, 0.6) is 11.5 Å². The number of hydrogen-bond donors (Lipinski definition) is 2. The molecule has 25 heavy (non-hydrogen) atoms. The van der Waals surface area contributed by atoms with Crippen molar-refractivity contribution in [2.24, 2.45) is 0 Å².